The summed E-state index contributed by atoms with van der Waals surface area (Å²) in [4.78, 5) is 11.4. The highest BCUT2D eigenvalue weighted by Crippen LogP contribution is 2.28. The number of rotatable bonds is 4. The minimum absolute atomic E-state index is 0.240. The van der Waals surface area contributed by atoms with Crippen LogP contribution in [-0.4, -0.2) is 11.1 Å². The number of aryl methyl sites for hydroxylation is 2. The normalized spacial score (nSPS) is 10.6. The van der Waals surface area contributed by atoms with Crippen LogP contribution in [0.3, 0.4) is 0 Å². The first-order valence-corrected chi connectivity index (χ1v) is 7.09. The van der Waals surface area contributed by atoms with Crippen LogP contribution in [0.2, 0.25) is 5.02 Å². The van der Waals surface area contributed by atoms with E-state index in [0.717, 1.165) is 18.4 Å². The molecule has 0 aliphatic heterocycles. The summed E-state index contributed by atoms with van der Waals surface area (Å²) in [6.07, 6.45) is 1.92. The van der Waals surface area contributed by atoms with Crippen LogP contribution in [0, 0.1) is 0 Å². The van der Waals surface area contributed by atoms with Gasteiger partial charge in [-0.1, -0.05) is 49.7 Å². The topological polar surface area (TPSA) is 37.3 Å². The molecule has 0 unspecified atom stereocenters. The Balaban J connectivity index is 2.59. The van der Waals surface area contributed by atoms with Crippen molar-refractivity contribution >= 4 is 17.6 Å². The molecule has 104 valence electrons. The third-order valence-corrected chi connectivity index (χ3v) is 3.73. The molecule has 0 saturated heterocycles. The van der Waals surface area contributed by atoms with E-state index in [2.05, 4.69) is 26.0 Å². The molecule has 2 aromatic rings. The second kappa shape index (κ2) is 6.10. The van der Waals surface area contributed by atoms with E-state index in [4.69, 9.17) is 11.6 Å². The lowest BCUT2D eigenvalue weighted by Crippen LogP contribution is -2.00. The van der Waals surface area contributed by atoms with Gasteiger partial charge in [0.2, 0.25) is 0 Å². The Morgan fingerprint density at radius 3 is 2.35 bits per heavy atom. The van der Waals surface area contributed by atoms with Crippen LogP contribution in [-0.2, 0) is 12.8 Å². The molecule has 3 heteroatoms. The van der Waals surface area contributed by atoms with E-state index in [0.29, 0.717) is 10.6 Å². The van der Waals surface area contributed by atoms with E-state index in [9.17, 15) is 9.90 Å². The average molecular weight is 289 g/mol. The highest BCUT2D eigenvalue weighted by molar-refractivity contribution is 6.31. The molecule has 0 amide bonds. The van der Waals surface area contributed by atoms with Crippen molar-refractivity contribution < 1.29 is 9.90 Å². The molecule has 0 bridgehead atoms. The first kappa shape index (κ1) is 14.6. The van der Waals surface area contributed by atoms with Crippen molar-refractivity contribution in [3.05, 3.63) is 58.1 Å². The molecular formula is C17H17ClO2. The number of halogens is 1. The van der Waals surface area contributed by atoms with E-state index >= 15 is 0 Å². The molecule has 0 saturated carbocycles. The lowest BCUT2D eigenvalue weighted by atomic mass is 9.94. The molecule has 20 heavy (non-hydrogen) atoms. The lowest BCUT2D eigenvalue weighted by molar-refractivity contribution is 0.0697. The summed E-state index contributed by atoms with van der Waals surface area (Å²) in [5.41, 5.74) is 4.44. The van der Waals surface area contributed by atoms with Crippen molar-refractivity contribution in [1.82, 2.24) is 0 Å². The Kier molecular flexibility index (Phi) is 4.46. The van der Waals surface area contributed by atoms with Gasteiger partial charge in [-0.25, -0.2) is 4.79 Å². The highest BCUT2D eigenvalue weighted by atomic mass is 35.5. The number of hydrogen-bond acceptors (Lipinski definition) is 1. The molecule has 2 nitrogen and oxygen atoms in total. The van der Waals surface area contributed by atoms with E-state index in [1.807, 2.05) is 6.07 Å². The van der Waals surface area contributed by atoms with Crippen molar-refractivity contribution in [2.75, 3.05) is 0 Å². The fourth-order valence-corrected chi connectivity index (χ4v) is 2.58. The standard InChI is InChI=1S/C17H17ClO2/c1-3-11-5-6-13(9-12(11)4-2)15-8-7-14(18)10-16(15)17(19)20/h5-10H,3-4H2,1-2H3,(H,19,20). The number of aromatic carboxylic acids is 1. The number of carbonyl (C=O) groups is 1. The molecule has 0 radical (unpaired) electrons. The molecular weight excluding hydrogens is 272 g/mol. The van der Waals surface area contributed by atoms with Gasteiger partial charge in [-0.05, 0) is 47.2 Å². The highest BCUT2D eigenvalue weighted by Gasteiger charge is 2.13. The van der Waals surface area contributed by atoms with Gasteiger partial charge in [0.1, 0.15) is 0 Å². The first-order valence-electron chi connectivity index (χ1n) is 6.71. The van der Waals surface area contributed by atoms with Crippen LogP contribution in [0.15, 0.2) is 36.4 Å². The zero-order chi connectivity index (χ0) is 14.7. The molecule has 0 aliphatic rings. The molecule has 0 aromatic heterocycles. The Morgan fingerprint density at radius 2 is 1.75 bits per heavy atom. The Morgan fingerprint density at radius 1 is 1.05 bits per heavy atom. The largest absolute Gasteiger partial charge is 0.478 e. The summed E-state index contributed by atoms with van der Waals surface area (Å²) in [7, 11) is 0. The SMILES string of the molecule is CCc1ccc(-c2ccc(Cl)cc2C(=O)O)cc1CC. The zero-order valence-corrected chi connectivity index (χ0v) is 12.4. The molecule has 0 aliphatic carbocycles. The van der Waals surface area contributed by atoms with Crippen LogP contribution in [0.5, 0.6) is 0 Å². The summed E-state index contributed by atoms with van der Waals surface area (Å²) in [6.45, 7) is 4.23. The maximum absolute atomic E-state index is 11.4. The van der Waals surface area contributed by atoms with Crippen LogP contribution in [0.25, 0.3) is 11.1 Å². The van der Waals surface area contributed by atoms with Crippen molar-refractivity contribution in [3.8, 4) is 11.1 Å². The third-order valence-electron chi connectivity index (χ3n) is 3.49. The fraction of sp³-hybridized carbons (Fsp3) is 0.235. The summed E-state index contributed by atoms with van der Waals surface area (Å²) in [5, 5.41) is 9.76. The summed E-state index contributed by atoms with van der Waals surface area (Å²) >= 11 is 5.89. The van der Waals surface area contributed by atoms with Gasteiger partial charge in [0, 0.05) is 5.02 Å². The van der Waals surface area contributed by atoms with E-state index in [-0.39, 0.29) is 5.56 Å². The van der Waals surface area contributed by atoms with Crippen LogP contribution < -0.4 is 0 Å². The minimum atomic E-state index is -0.958. The van der Waals surface area contributed by atoms with Gasteiger partial charge in [0.25, 0.3) is 0 Å². The van der Waals surface area contributed by atoms with E-state index < -0.39 is 5.97 Å². The van der Waals surface area contributed by atoms with Gasteiger partial charge in [-0.3, -0.25) is 0 Å². The van der Waals surface area contributed by atoms with Gasteiger partial charge in [0.15, 0.2) is 0 Å². The van der Waals surface area contributed by atoms with Crippen LogP contribution in [0.4, 0.5) is 0 Å². The van der Waals surface area contributed by atoms with Gasteiger partial charge >= 0.3 is 5.97 Å². The monoisotopic (exact) mass is 288 g/mol. The molecule has 2 aromatic carbocycles. The van der Waals surface area contributed by atoms with Gasteiger partial charge in [-0.2, -0.15) is 0 Å². The van der Waals surface area contributed by atoms with Gasteiger partial charge in [-0.15, -0.1) is 0 Å². The van der Waals surface area contributed by atoms with Crippen molar-refractivity contribution in [3.63, 3.8) is 0 Å². The second-order valence-electron chi connectivity index (χ2n) is 4.69. The van der Waals surface area contributed by atoms with Crippen molar-refractivity contribution in [1.29, 1.82) is 0 Å². The summed E-state index contributed by atoms with van der Waals surface area (Å²) < 4.78 is 0. The third kappa shape index (κ3) is 2.86. The first-order chi connectivity index (χ1) is 9.56. The Hall–Kier alpha value is -1.80. The summed E-state index contributed by atoms with van der Waals surface area (Å²) in [5.74, 6) is -0.958. The Bertz CT molecular complexity index is 647. The molecule has 0 heterocycles. The predicted octanol–water partition coefficient (Wildman–Crippen LogP) is 4.83. The smallest absolute Gasteiger partial charge is 0.336 e. The number of benzene rings is 2. The summed E-state index contributed by atoms with van der Waals surface area (Å²) in [6, 6.07) is 11.1. The zero-order valence-electron chi connectivity index (χ0n) is 11.6. The quantitative estimate of drug-likeness (QED) is 0.875. The van der Waals surface area contributed by atoms with Crippen molar-refractivity contribution in [2.45, 2.75) is 26.7 Å². The number of carboxylic acid groups (broad SMARTS) is 1. The van der Waals surface area contributed by atoms with E-state index in [1.54, 1.807) is 12.1 Å². The fourth-order valence-electron chi connectivity index (χ4n) is 2.41. The Labute approximate surface area is 124 Å². The molecule has 0 fully saturated rings. The van der Waals surface area contributed by atoms with E-state index in [1.165, 1.54) is 17.2 Å². The average Bonchev–Trinajstić information content (AvgIpc) is 2.46. The predicted molar refractivity (Wildman–Crippen MR) is 82.6 cm³/mol. The molecule has 1 N–H and O–H groups in total. The minimum Gasteiger partial charge on any atom is -0.478 e. The molecule has 0 atom stereocenters. The van der Waals surface area contributed by atoms with Crippen LogP contribution in [0.1, 0.15) is 35.3 Å². The van der Waals surface area contributed by atoms with Gasteiger partial charge in [0.05, 0.1) is 5.56 Å². The van der Waals surface area contributed by atoms with Crippen LogP contribution >= 0.6 is 11.6 Å². The second-order valence-corrected chi connectivity index (χ2v) is 5.12. The number of carboxylic acids is 1. The molecule has 0 spiro atoms. The maximum Gasteiger partial charge on any atom is 0.336 e. The molecule has 2 rings (SSSR count). The van der Waals surface area contributed by atoms with Gasteiger partial charge < -0.3 is 5.11 Å². The maximum atomic E-state index is 11.4. The van der Waals surface area contributed by atoms with Crippen molar-refractivity contribution in [2.24, 2.45) is 0 Å². The number of hydrogen-bond donors (Lipinski definition) is 1. The lowest BCUT2D eigenvalue weighted by Gasteiger charge is -2.11.